The molecule has 0 spiro atoms. The summed E-state index contributed by atoms with van der Waals surface area (Å²) in [5, 5.41) is 12.9. The molecule has 0 atom stereocenters. The van der Waals surface area contributed by atoms with Gasteiger partial charge in [-0.1, -0.05) is 0 Å². The molecule has 0 aliphatic carbocycles. The maximum absolute atomic E-state index is 11.3. The molecule has 0 saturated carbocycles. The molecule has 110 valence electrons. The number of carbonyl (C=O) groups excluding carboxylic acids is 1. The fourth-order valence-corrected chi connectivity index (χ4v) is 2.20. The largest absolute Gasteiger partial charge is 0.465 e. The Hall–Kier alpha value is -1.50. The number of pyridine rings is 1. The van der Waals surface area contributed by atoms with Crippen molar-refractivity contribution in [3.8, 4) is 0 Å². The molecule has 20 heavy (non-hydrogen) atoms. The molecule has 6 heteroatoms. The van der Waals surface area contributed by atoms with E-state index in [9.17, 15) is 9.90 Å². The second-order valence-electron chi connectivity index (χ2n) is 4.93. The summed E-state index contributed by atoms with van der Waals surface area (Å²) in [4.78, 5) is 15.5. The summed E-state index contributed by atoms with van der Waals surface area (Å²) < 4.78 is 9.94. The molecule has 6 nitrogen and oxygen atoms in total. The maximum Gasteiger partial charge on any atom is 0.339 e. The van der Waals surface area contributed by atoms with E-state index in [1.54, 1.807) is 12.1 Å². The second-order valence-corrected chi connectivity index (χ2v) is 4.93. The third kappa shape index (κ3) is 3.53. The van der Waals surface area contributed by atoms with E-state index in [4.69, 9.17) is 4.74 Å². The Bertz CT molecular complexity index is 441. The predicted octanol–water partition coefficient (Wildman–Crippen LogP) is 0.499. The molecule has 0 unspecified atom stereocenters. The number of aliphatic hydroxyl groups excluding tert-OH is 1. The highest BCUT2D eigenvalue weighted by atomic mass is 16.5. The number of carbonyl (C=O) groups is 1. The van der Waals surface area contributed by atoms with Crippen molar-refractivity contribution in [2.45, 2.75) is 24.9 Å². The summed E-state index contributed by atoms with van der Waals surface area (Å²) >= 11 is 0. The predicted molar refractivity (Wildman–Crippen MR) is 72.3 cm³/mol. The fraction of sp³-hybridized carbons (Fsp3) is 0.571. The number of methoxy groups -OCH3 is 1. The van der Waals surface area contributed by atoms with Crippen molar-refractivity contribution in [3.63, 3.8) is 0 Å². The Balaban J connectivity index is 1.94. The molecule has 0 amide bonds. The van der Waals surface area contributed by atoms with Crippen LogP contribution in [-0.4, -0.2) is 48.5 Å². The van der Waals surface area contributed by atoms with Crippen LogP contribution in [0, 0.1) is 0 Å². The van der Waals surface area contributed by atoms with E-state index in [2.05, 4.69) is 15.0 Å². The lowest BCUT2D eigenvalue weighted by Gasteiger charge is -2.36. The zero-order valence-electron chi connectivity index (χ0n) is 11.6. The van der Waals surface area contributed by atoms with Gasteiger partial charge in [0.15, 0.2) is 0 Å². The summed E-state index contributed by atoms with van der Waals surface area (Å²) in [6, 6.07) is 3.47. The lowest BCUT2D eigenvalue weighted by molar-refractivity contribution is 0.0110. The number of rotatable bonds is 5. The van der Waals surface area contributed by atoms with Gasteiger partial charge in [0.1, 0.15) is 0 Å². The number of hydrogen-bond acceptors (Lipinski definition) is 6. The molecule has 2 N–H and O–H groups in total. The number of ether oxygens (including phenoxy) is 2. The molecule has 1 aliphatic heterocycles. The minimum Gasteiger partial charge on any atom is -0.465 e. The first-order valence-corrected chi connectivity index (χ1v) is 6.66. The Kier molecular flexibility index (Phi) is 5.05. The van der Waals surface area contributed by atoms with E-state index in [1.165, 1.54) is 13.3 Å². The van der Waals surface area contributed by atoms with Crippen molar-refractivity contribution in [1.82, 2.24) is 10.3 Å². The average Bonchev–Trinajstić information content (AvgIpc) is 2.53. The monoisotopic (exact) mass is 280 g/mol. The summed E-state index contributed by atoms with van der Waals surface area (Å²) in [5.74, 6) is -0.395. The van der Waals surface area contributed by atoms with Gasteiger partial charge in [0.25, 0.3) is 0 Å². The van der Waals surface area contributed by atoms with E-state index >= 15 is 0 Å². The van der Waals surface area contributed by atoms with Gasteiger partial charge in [0.05, 0.1) is 25.0 Å². The Morgan fingerprint density at radius 2 is 2.25 bits per heavy atom. The molecule has 1 aliphatic rings. The summed E-state index contributed by atoms with van der Waals surface area (Å²) in [6.07, 6.45) is 3.06. The van der Waals surface area contributed by atoms with E-state index in [0.29, 0.717) is 25.3 Å². The minimum atomic E-state index is -0.395. The van der Waals surface area contributed by atoms with Gasteiger partial charge < -0.3 is 19.9 Å². The standard InChI is InChI=1S/C14H20N2O4/c1-19-13(18)11-2-3-12(15-8-11)9-16-14(10-17)4-6-20-7-5-14/h2-3,8,16-17H,4-7,9-10H2,1H3. The van der Waals surface area contributed by atoms with Gasteiger partial charge in [-0.3, -0.25) is 4.98 Å². The SMILES string of the molecule is COC(=O)c1ccc(CNC2(CO)CCOCC2)nc1. The van der Waals surface area contributed by atoms with Crippen molar-refractivity contribution in [2.75, 3.05) is 26.9 Å². The second kappa shape index (κ2) is 6.78. The van der Waals surface area contributed by atoms with Crippen LogP contribution < -0.4 is 5.32 Å². The lowest BCUT2D eigenvalue weighted by atomic mass is 9.91. The third-order valence-electron chi connectivity index (χ3n) is 3.64. The summed E-state index contributed by atoms with van der Waals surface area (Å²) in [5.41, 5.74) is 0.956. The van der Waals surface area contributed by atoms with Crippen LogP contribution in [0.5, 0.6) is 0 Å². The van der Waals surface area contributed by atoms with Gasteiger partial charge in [-0.05, 0) is 25.0 Å². The Labute approximate surface area is 118 Å². The van der Waals surface area contributed by atoms with Crippen LogP contribution in [0.25, 0.3) is 0 Å². The molecule has 1 fully saturated rings. The fourth-order valence-electron chi connectivity index (χ4n) is 2.20. The van der Waals surface area contributed by atoms with Crippen molar-refractivity contribution in [1.29, 1.82) is 0 Å². The van der Waals surface area contributed by atoms with Crippen LogP contribution in [0.4, 0.5) is 0 Å². The van der Waals surface area contributed by atoms with Crippen LogP contribution in [0.3, 0.4) is 0 Å². The van der Waals surface area contributed by atoms with Crippen LogP contribution in [0.2, 0.25) is 0 Å². The highest BCUT2D eigenvalue weighted by molar-refractivity contribution is 5.88. The number of esters is 1. The molecule has 1 saturated heterocycles. The Morgan fingerprint density at radius 3 is 2.80 bits per heavy atom. The Morgan fingerprint density at radius 1 is 1.50 bits per heavy atom. The molecule has 2 heterocycles. The van der Waals surface area contributed by atoms with E-state index in [0.717, 1.165) is 18.5 Å². The van der Waals surface area contributed by atoms with Gasteiger partial charge in [0, 0.05) is 31.5 Å². The van der Waals surface area contributed by atoms with Gasteiger partial charge in [-0.15, -0.1) is 0 Å². The third-order valence-corrected chi connectivity index (χ3v) is 3.64. The molecule has 2 rings (SSSR count). The number of nitrogens with one attached hydrogen (secondary N) is 1. The van der Waals surface area contributed by atoms with Crippen molar-refractivity contribution < 1.29 is 19.4 Å². The number of aromatic nitrogens is 1. The highest BCUT2D eigenvalue weighted by Crippen LogP contribution is 2.20. The van der Waals surface area contributed by atoms with Crippen LogP contribution in [-0.2, 0) is 16.0 Å². The topological polar surface area (TPSA) is 80.7 Å². The summed E-state index contributed by atoms with van der Waals surface area (Å²) in [6.45, 7) is 1.93. The van der Waals surface area contributed by atoms with E-state index in [1.807, 2.05) is 0 Å². The van der Waals surface area contributed by atoms with Crippen molar-refractivity contribution in [2.24, 2.45) is 0 Å². The molecular formula is C14H20N2O4. The van der Waals surface area contributed by atoms with Gasteiger partial charge in [-0.2, -0.15) is 0 Å². The number of nitrogens with zero attached hydrogens (tertiary/aromatic N) is 1. The van der Waals surface area contributed by atoms with E-state index in [-0.39, 0.29) is 12.1 Å². The lowest BCUT2D eigenvalue weighted by Crippen LogP contribution is -2.51. The first-order valence-electron chi connectivity index (χ1n) is 6.66. The molecular weight excluding hydrogens is 260 g/mol. The summed E-state index contributed by atoms with van der Waals surface area (Å²) in [7, 11) is 1.34. The normalized spacial score (nSPS) is 17.7. The van der Waals surface area contributed by atoms with Crippen molar-refractivity contribution in [3.05, 3.63) is 29.6 Å². The van der Waals surface area contributed by atoms with Crippen LogP contribution in [0.1, 0.15) is 28.9 Å². The van der Waals surface area contributed by atoms with Crippen LogP contribution >= 0.6 is 0 Å². The van der Waals surface area contributed by atoms with Gasteiger partial charge in [0.2, 0.25) is 0 Å². The molecule has 1 aromatic rings. The van der Waals surface area contributed by atoms with E-state index < -0.39 is 5.97 Å². The van der Waals surface area contributed by atoms with Gasteiger partial charge in [-0.25, -0.2) is 4.79 Å². The zero-order chi connectivity index (χ0) is 14.4. The highest BCUT2D eigenvalue weighted by Gasteiger charge is 2.31. The zero-order valence-corrected chi connectivity index (χ0v) is 11.6. The van der Waals surface area contributed by atoms with Gasteiger partial charge >= 0.3 is 5.97 Å². The minimum absolute atomic E-state index is 0.0800. The molecule has 0 bridgehead atoms. The maximum atomic E-state index is 11.3. The van der Waals surface area contributed by atoms with Crippen molar-refractivity contribution >= 4 is 5.97 Å². The molecule has 1 aromatic heterocycles. The number of aliphatic hydroxyl groups is 1. The molecule has 0 radical (unpaired) electrons. The first kappa shape index (κ1) is 14.9. The first-order chi connectivity index (χ1) is 9.69. The average molecular weight is 280 g/mol. The number of hydrogen-bond donors (Lipinski definition) is 2. The van der Waals surface area contributed by atoms with Crippen LogP contribution in [0.15, 0.2) is 18.3 Å². The molecule has 0 aromatic carbocycles. The smallest absolute Gasteiger partial charge is 0.339 e. The quantitative estimate of drug-likeness (QED) is 0.765.